The van der Waals surface area contributed by atoms with Crippen LogP contribution in [0.1, 0.15) is 16.2 Å². The highest BCUT2D eigenvalue weighted by Gasteiger charge is 2.28. The monoisotopic (exact) mass is 300 g/mol. The highest BCUT2D eigenvalue weighted by atomic mass is 32.2. The summed E-state index contributed by atoms with van der Waals surface area (Å²) in [5, 5.41) is 14.6. The van der Waals surface area contributed by atoms with Gasteiger partial charge >= 0.3 is 5.97 Å². The average molecular weight is 300 g/mol. The second-order valence-corrected chi connectivity index (χ2v) is 5.40. The zero-order valence-corrected chi connectivity index (χ0v) is 10.9. The molecular formula is C10H9FN4O4S. The first kappa shape index (κ1) is 13.9. The van der Waals surface area contributed by atoms with Crippen molar-refractivity contribution < 1.29 is 22.7 Å². The van der Waals surface area contributed by atoms with Crippen LogP contribution >= 0.6 is 0 Å². The van der Waals surface area contributed by atoms with Gasteiger partial charge in [-0.3, -0.25) is 9.82 Å². The van der Waals surface area contributed by atoms with Gasteiger partial charge in [-0.2, -0.15) is 9.49 Å². The van der Waals surface area contributed by atoms with Crippen molar-refractivity contribution in [2.24, 2.45) is 0 Å². The van der Waals surface area contributed by atoms with E-state index in [0.29, 0.717) is 0 Å². The van der Waals surface area contributed by atoms with Crippen LogP contribution in [0, 0.1) is 12.9 Å². The molecule has 2 heterocycles. The van der Waals surface area contributed by atoms with Crippen LogP contribution in [-0.4, -0.2) is 34.7 Å². The molecule has 0 saturated heterocycles. The normalized spacial score (nSPS) is 11.3. The van der Waals surface area contributed by atoms with Gasteiger partial charge in [0.05, 0.1) is 5.69 Å². The lowest BCUT2D eigenvalue weighted by molar-refractivity contribution is 0.0686. The fourth-order valence-corrected chi connectivity index (χ4v) is 2.87. The van der Waals surface area contributed by atoms with E-state index in [-0.39, 0.29) is 11.5 Å². The Bertz CT molecular complexity index is 771. The molecule has 0 bridgehead atoms. The van der Waals surface area contributed by atoms with Crippen molar-refractivity contribution >= 4 is 21.8 Å². The lowest BCUT2D eigenvalue weighted by atomic mass is 10.4. The van der Waals surface area contributed by atoms with Gasteiger partial charge in [0.25, 0.3) is 10.0 Å². The van der Waals surface area contributed by atoms with Gasteiger partial charge in [0.2, 0.25) is 5.95 Å². The van der Waals surface area contributed by atoms with Gasteiger partial charge in [-0.05, 0) is 19.1 Å². The quantitative estimate of drug-likeness (QED) is 0.715. The molecule has 8 nitrogen and oxygen atoms in total. The van der Waals surface area contributed by atoms with E-state index in [1.165, 1.54) is 19.1 Å². The summed E-state index contributed by atoms with van der Waals surface area (Å²) >= 11 is 0. The molecule has 0 radical (unpaired) electrons. The molecule has 0 fully saturated rings. The first-order valence-electron chi connectivity index (χ1n) is 5.25. The maximum absolute atomic E-state index is 12.9. The second kappa shape index (κ2) is 4.89. The molecule has 20 heavy (non-hydrogen) atoms. The molecule has 106 valence electrons. The Balaban J connectivity index is 2.46. The van der Waals surface area contributed by atoms with Crippen LogP contribution in [0.25, 0.3) is 0 Å². The summed E-state index contributed by atoms with van der Waals surface area (Å²) in [7, 11) is -4.25. The Morgan fingerprint density at radius 2 is 2.15 bits per heavy atom. The van der Waals surface area contributed by atoms with Crippen molar-refractivity contribution in [3.05, 3.63) is 35.5 Å². The van der Waals surface area contributed by atoms with Crippen LogP contribution < -0.4 is 4.72 Å². The summed E-state index contributed by atoms with van der Waals surface area (Å²) in [4.78, 5) is 13.8. The minimum atomic E-state index is -4.25. The predicted molar refractivity (Wildman–Crippen MR) is 65.3 cm³/mol. The number of sulfonamides is 1. The molecular weight excluding hydrogens is 291 g/mol. The summed E-state index contributed by atoms with van der Waals surface area (Å²) < 4.78 is 39.2. The number of carboxylic acids is 1. The molecule has 2 aromatic rings. The fraction of sp³-hybridized carbons (Fsp3) is 0.100. The number of carbonyl (C=O) groups is 1. The number of nitrogens with zero attached hydrogens (tertiary/aromatic N) is 2. The maximum atomic E-state index is 12.9. The van der Waals surface area contributed by atoms with Gasteiger partial charge in [0.1, 0.15) is 10.7 Å². The number of pyridine rings is 1. The number of nitrogens with one attached hydrogen (secondary N) is 2. The van der Waals surface area contributed by atoms with Crippen molar-refractivity contribution in [3.8, 4) is 0 Å². The van der Waals surface area contributed by atoms with Gasteiger partial charge in [-0.25, -0.2) is 18.2 Å². The standard InChI is InChI=1S/C10H9FN4O4S/c1-5-9(8(10(16)17)14-13-5)20(18,19)15-7-4-2-3-6(11)12-7/h2-4H,1H3,(H,12,15)(H,13,14)(H,16,17). The highest BCUT2D eigenvalue weighted by molar-refractivity contribution is 7.92. The van der Waals surface area contributed by atoms with Crippen LogP contribution in [-0.2, 0) is 10.0 Å². The van der Waals surface area contributed by atoms with Crippen LogP contribution in [0.2, 0.25) is 0 Å². The minimum Gasteiger partial charge on any atom is -0.476 e. The zero-order valence-electron chi connectivity index (χ0n) is 10.1. The van der Waals surface area contributed by atoms with E-state index < -0.39 is 32.5 Å². The molecule has 0 aliphatic carbocycles. The number of rotatable bonds is 4. The van der Waals surface area contributed by atoms with Crippen molar-refractivity contribution in [1.82, 2.24) is 15.2 Å². The predicted octanol–water partition coefficient (Wildman–Crippen LogP) is 0.751. The molecule has 0 atom stereocenters. The highest BCUT2D eigenvalue weighted by Crippen LogP contribution is 2.20. The van der Waals surface area contributed by atoms with Gasteiger partial charge in [-0.15, -0.1) is 0 Å². The molecule has 0 unspecified atom stereocenters. The van der Waals surface area contributed by atoms with Crippen molar-refractivity contribution in [2.45, 2.75) is 11.8 Å². The third-order valence-electron chi connectivity index (χ3n) is 2.32. The Labute approximate surface area is 112 Å². The maximum Gasteiger partial charge on any atom is 0.357 e. The van der Waals surface area contributed by atoms with E-state index in [2.05, 4.69) is 15.2 Å². The number of halogens is 1. The molecule has 0 aliphatic rings. The van der Waals surface area contributed by atoms with E-state index >= 15 is 0 Å². The lowest BCUT2D eigenvalue weighted by Gasteiger charge is -2.07. The van der Waals surface area contributed by atoms with Crippen molar-refractivity contribution in [1.29, 1.82) is 0 Å². The molecule has 2 rings (SSSR count). The van der Waals surface area contributed by atoms with Crippen LogP contribution in [0.4, 0.5) is 10.2 Å². The summed E-state index contributed by atoms with van der Waals surface area (Å²) in [6, 6.07) is 3.54. The number of carboxylic acid groups (broad SMARTS) is 1. The second-order valence-electron chi connectivity index (χ2n) is 3.78. The molecule has 0 spiro atoms. The number of aromatic carboxylic acids is 1. The molecule has 3 N–H and O–H groups in total. The van der Waals surface area contributed by atoms with E-state index in [1.54, 1.807) is 0 Å². The van der Waals surface area contributed by atoms with Gasteiger partial charge in [-0.1, -0.05) is 6.07 Å². The summed E-state index contributed by atoms with van der Waals surface area (Å²) in [5.74, 6) is -2.63. The molecule has 10 heteroatoms. The molecule has 0 aliphatic heterocycles. The molecule has 0 amide bonds. The largest absolute Gasteiger partial charge is 0.476 e. The van der Waals surface area contributed by atoms with Crippen molar-refractivity contribution in [3.63, 3.8) is 0 Å². The Morgan fingerprint density at radius 1 is 1.45 bits per heavy atom. The van der Waals surface area contributed by atoms with E-state index in [0.717, 1.165) is 6.07 Å². The number of hydrogen-bond donors (Lipinski definition) is 3. The first-order chi connectivity index (χ1) is 9.31. The molecule has 0 saturated carbocycles. The average Bonchev–Trinajstić information content (AvgIpc) is 2.71. The van der Waals surface area contributed by atoms with Gasteiger partial charge in [0, 0.05) is 0 Å². The third kappa shape index (κ3) is 2.59. The number of hydrogen-bond acceptors (Lipinski definition) is 5. The number of anilines is 1. The van der Waals surface area contributed by atoms with Crippen LogP contribution in [0.3, 0.4) is 0 Å². The van der Waals surface area contributed by atoms with E-state index in [9.17, 15) is 17.6 Å². The Kier molecular flexibility index (Phi) is 3.40. The Morgan fingerprint density at radius 3 is 2.75 bits per heavy atom. The summed E-state index contributed by atoms with van der Waals surface area (Å²) in [6.45, 7) is 1.35. The topological polar surface area (TPSA) is 125 Å². The molecule has 2 aromatic heterocycles. The fourth-order valence-electron chi connectivity index (χ4n) is 1.55. The minimum absolute atomic E-state index is 0.0475. The van der Waals surface area contributed by atoms with Crippen LogP contribution in [0.5, 0.6) is 0 Å². The van der Waals surface area contributed by atoms with Gasteiger partial charge < -0.3 is 5.11 Å². The number of aryl methyl sites for hydroxylation is 1. The smallest absolute Gasteiger partial charge is 0.357 e. The van der Waals surface area contributed by atoms with E-state index in [1.807, 2.05) is 4.72 Å². The number of aromatic amines is 1. The number of H-pyrrole nitrogens is 1. The summed E-state index contributed by atoms with van der Waals surface area (Å²) in [5.41, 5.74) is -0.599. The Hall–Kier alpha value is -2.49. The van der Waals surface area contributed by atoms with Crippen LogP contribution in [0.15, 0.2) is 23.1 Å². The van der Waals surface area contributed by atoms with E-state index in [4.69, 9.17) is 5.11 Å². The SMILES string of the molecule is Cc1[nH]nc(C(=O)O)c1S(=O)(=O)Nc1cccc(F)n1. The first-order valence-corrected chi connectivity index (χ1v) is 6.73. The zero-order chi connectivity index (χ0) is 14.9. The number of aromatic nitrogens is 3. The molecule has 0 aromatic carbocycles. The third-order valence-corrected chi connectivity index (χ3v) is 3.83. The summed E-state index contributed by atoms with van der Waals surface area (Å²) in [6.07, 6.45) is 0. The van der Waals surface area contributed by atoms with Gasteiger partial charge in [0.15, 0.2) is 5.69 Å². The lowest BCUT2D eigenvalue weighted by Crippen LogP contribution is -2.17. The van der Waals surface area contributed by atoms with Crippen molar-refractivity contribution in [2.75, 3.05) is 4.72 Å².